The predicted molar refractivity (Wildman–Crippen MR) is 107 cm³/mol. The Bertz CT molecular complexity index is 821. The molecule has 0 radical (unpaired) electrons. The van der Waals surface area contributed by atoms with Crippen LogP contribution in [0.4, 0.5) is 0 Å². The van der Waals surface area contributed by atoms with E-state index >= 15 is 0 Å². The highest BCUT2D eigenvalue weighted by Crippen LogP contribution is 2.22. The Kier molecular flexibility index (Phi) is 6.01. The van der Waals surface area contributed by atoms with Gasteiger partial charge in [0.05, 0.1) is 15.2 Å². The van der Waals surface area contributed by atoms with Crippen LogP contribution in [-0.2, 0) is 13.0 Å². The van der Waals surface area contributed by atoms with Crippen LogP contribution in [0.2, 0.25) is 0 Å². The molecule has 1 aromatic heterocycles. The summed E-state index contributed by atoms with van der Waals surface area (Å²) in [5, 5.41) is 7.93. The molecule has 3 rings (SSSR count). The van der Waals surface area contributed by atoms with Gasteiger partial charge in [-0.15, -0.1) is 11.3 Å². The summed E-state index contributed by atoms with van der Waals surface area (Å²) in [5.74, 6) is 0.839. The molecule has 1 heterocycles. The second kappa shape index (κ2) is 8.62. The SMILES string of the molecule is CN=C(NCCCc1nc2ccccc2s1)NCc1cccc(C)c1. The van der Waals surface area contributed by atoms with Crippen molar-refractivity contribution in [2.75, 3.05) is 13.6 Å². The maximum absolute atomic E-state index is 4.68. The Labute approximate surface area is 153 Å². The molecule has 4 nitrogen and oxygen atoms in total. The van der Waals surface area contributed by atoms with E-state index in [0.29, 0.717) is 0 Å². The summed E-state index contributed by atoms with van der Waals surface area (Å²) < 4.78 is 1.26. The molecule has 0 aliphatic carbocycles. The highest BCUT2D eigenvalue weighted by atomic mass is 32.1. The molecule has 0 fully saturated rings. The lowest BCUT2D eigenvalue weighted by molar-refractivity contribution is 0.740. The fourth-order valence-electron chi connectivity index (χ4n) is 2.70. The molecule has 5 heteroatoms. The Morgan fingerprint density at radius 3 is 2.80 bits per heavy atom. The van der Waals surface area contributed by atoms with E-state index in [1.165, 1.54) is 20.8 Å². The number of nitrogens with one attached hydrogen (secondary N) is 2. The highest BCUT2D eigenvalue weighted by Gasteiger charge is 2.03. The van der Waals surface area contributed by atoms with Gasteiger partial charge >= 0.3 is 0 Å². The zero-order chi connectivity index (χ0) is 17.5. The first-order chi connectivity index (χ1) is 12.2. The summed E-state index contributed by atoms with van der Waals surface area (Å²) in [5.41, 5.74) is 3.64. The molecular weight excluding hydrogens is 328 g/mol. The molecule has 0 aliphatic heterocycles. The number of aliphatic imine (C=N–C) groups is 1. The van der Waals surface area contributed by atoms with E-state index in [-0.39, 0.29) is 0 Å². The first kappa shape index (κ1) is 17.4. The molecule has 0 saturated heterocycles. The van der Waals surface area contributed by atoms with Gasteiger partial charge in [0.25, 0.3) is 0 Å². The second-order valence-corrected chi connectivity index (χ2v) is 7.14. The van der Waals surface area contributed by atoms with Gasteiger partial charge in [-0.25, -0.2) is 4.98 Å². The lowest BCUT2D eigenvalue weighted by Gasteiger charge is -2.12. The van der Waals surface area contributed by atoms with Gasteiger partial charge in [-0.2, -0.15) is 0 Å². The number of nitrogens with zero attached hydrogens (tertiary/aromatic N) is 2. The fourth-order valence-corrected chi connectivity index (χ4v) is 3.71. The first-order valence-electron chi connectivity index (χ1n) is 8.59. The summed E-state index contributed by atoms with van der Waals surface area (Å²) in [4.78, 5) is 8.96. The van der Waals surface area contributed by atoms with Gasteiger partial charge < -0.3 is 10.6 Å². The smallest absolute Gasteiger partial charge is 0.191 e. The molecule has 0 aliphatic rings. The molecule has 2 N–H and O–H groups in total. The summed E-state index contributed by atoms with van der Waals surface area (Å²) in [6.45, 7) is 3.77. The maximum Gasteiger partial charge on any atom is 0.191 e. The molecule has 0 saturated carbocycles. The number of fused-ring (bicyclic) bond motifs is 1. The molecule has 130 valence electrons. The van der Waals surface area contributed by atoms with Crippen LogP contribution in [0.25, 0.3) is 10.2 Å². The van der Waals surface area contributed by atoms with Crippen LogP contribution < -0.4 is 10.6 Å². The quantitative estimate of drug-likeness (QED) is 0.402. The van der Waals surface area contributed by atoms with Gasteiger partial charge in [0, 0.05) is 26.6 Å². The van der Waals surface area contributed by atoms with E-state index in [4.69, 9.17) is 0 Å². The van der Waals surface area contributed by atoms with E-state index in [2.05, 4.69) is 70.0 Å². The molecule has 0 unspecified atom stereocenters. The minimum absolute atomic E-state index is 0.777. The Morgan fingerprint density at radius 1 is 1.12 bits per heavy atom. The number of aryl methyl sites for hydroxylation is 2. The molecular formula is C20H24N4S. The summed E-state index contributed by atoms with van der Waals surface area (Å²) in [6, 6.07) is 16.8. The third-order valence-corrected chi connectivity index (χ3v) is 5.06. The van der Waals surface area contributed by atoms with Crippen molar-refractivity contribution in [2.24, 2.45) is 4.99 Å². The fraction of sp³-hybridized carbons (Fsp3) is 0.300. The van der Waals surface area contributed by atoms with Gasteiger partial charge in [-0.1, -0.05) is 42.0 Å². The average Bonchev–Trinajstić information content (AvgIpc) is 3.04. The Hall–Kier alpha value is -2.40. The van der Waals surface area contributed by atoms with Gasteiger partial charge in [-0.3, -0.25) is 4.99 Å². The van der Waals surface area contributed by atoms with Crippen molar-refractivity contribution < 1.29 is 0 Å². The van der Waals surface area contributed by atoms with Gasteiger partial charge in [-0.05, 0) is 31.0 Å². The number of guanidine groups is 1. The largest absolute Gasteiger partial charge is 0.356 e. The van der Waals surface area contributed by atoms with Crippen LogP contribution in [0.5, 0.6) is 0 Å². The van der Waals surface area contributed by atoms with Crippen molar-refractivity contribution in [3.8, 4) is 0 Å². The van der Waals surface area contributed by atoms with Gasteiger partial charge in [0.2, 0.25) is 0 Å². The van der Waals surface area contributed by atoms with E-state index in [0.717, 1.165) is 37.4 Å². The predicted octanol–water partition coefficient (Wildman–Crippen LogP) is 3.90. The zero-order valence-electron chi connectivity index (χ0n) is 14.7. The highest BCUT2D eigenvalue weighted by molar-refractivity contribution is 7.18. The number of hydrogen-bond acceptors (Lipinski definition) is 3. The number of hydrogen-bond donors (Lipinski definition) is 2. The van der Waals surface area contributed by atoms with Gasteiger partial charge in [0.1, 0.15) is 0 Å². The molecule has 25 heavy (non-hydrogen) atoms. The minimum atomic E-state index is 0.777. The topological polar surface area (TPSA) is 49.3 Å². The van der Waals surface area contributed by atoms with E-state index in [1.807, 2.05) is 6.07 Å². The van der Waals surface area contributed by atoms with Crippen LogP contribution in [0.1, 0.15) is 22.6 Å². The lowest BCUT2D eigenvalue weighted by atomic mass is 10.1. The lowest BCUT2D eigenvalue weighted by Crippen LogP contribution is -2.37. The normalized spacial score (nSPS) is 11.7. The number of benzene rings is 2. The number of aromatic nitrogens is 1. The van der Waals surface area contributed by atoms with Crippen molar-refractivity contribution >= 4 is 27.5 Å². The number of rotatable bonds is 6. The van der Waals surface area contributed by atoms with Crippen molar-refractivity contribution in [1.82, 2.24) is 15.6 Å². The molecule has 0 spiro atoms. The van der Waals surface area contributed by atoms with Crippen LogP contribution in [0, 0.1) is 6.92 Å². The molecule has 0 amide bonds. The van der Waals surface area contributed by atoms with Crippen LogP contribution in [0.3, 0.4) is 0 Å². The molecule has 0 atom stereocenters. The van der Waals surface area contributed by atoms with Crippen molar-refractivity contribution in [3.63, 3.8) is 0 Å². The summed E-state index contributed by atoms with van der Waals surface area (Å²) in [7, 11) is 1.80. The van der Waals surface area contributed by atoms with E-state index in [9.17, 15) is 0 Å². The number of thiazole rings is 1. The molecule has 0 bridgehead atoms. The summed E-state index contributed by atoms with van der Waals surface area (Å²) in [6.07, 6.45) is 2.02. The molecule has 2 aromatic carbocycles. The molecule has 3 aromatic rings. The van der Waals surface area contributed by atoms with Crippen molar-refractivity contribution in [1.29, 1.82) is 0 Å². The van der Waals surface area contributed by atoms with Crippen molar-refractivity contribution in [2.45, 2.75) is 26.3 Å². The van der Waals surface area contributed by atoms with Gasteiger partial charge in [0.15, 0.2) is 5.96 Å². The third kappa shape index (κ3) is 5.03. The average molecular weight is 353 g/mol. The Balaban J connectivity index is 1.42. The third-order valence-electron chi connectivity index (χ3n) is 3.96. The van der Waals surface area contributed by atoms with E-state index < -0.39 is 0 Å². The first-order valence-corrected chi connectivity index (χ1v) is 9.41. The summed E-state index contributed by atoms with van der Waals surface area (Å²) >= 11 is 1.79. The number of para-hydroxylation sites is 1. The van der Waals surface area contributed by atoms with Crippen LogP contribution >= 0.6 is 11.3 Å². The monoisotopic (exact) mass is 352 g/mol. The van der Waals surface area contributed by atoms with E-state index in [1.54, 1.807) is 18.4 Å². The second-order valence-electron chi connectivity index (χ2n) is 6.02. The minimum Gasteiger partial charge on any atom is -0.356 e. The Morgan fingerprint density at radius 2 is 2.00 bits per heavy atom. The van der Waals surface area contributed by atoms with Crippen LogP contribution in [0.15, 0.2) is 53.5 Å². The standard InChI is InChI=1S/C20H24N4S/c1-15-7-5-8-16(13-15)14-23-20(21-2)22-12-6-11-19-24-17-9-3-4-10-18(17)25-19/h3-5,7-10,13H,6,11-12,14H2,1-2H3,(H2,21,22,23). The van der Waals surface area contributed by atoms with Crippen LogP contribution in [-0.4, -0.2) is 24.5 Å². The maximum atomic E-state index is 4.68. The van der Waals surface area contributed by atoms with Crippen molar-refractivity contribution in [3.05, 3.63) is 64.7 Å². The zero-order valence-corrected chi connectivity index (χ0v) is 15.6.